The molecule has 6 nitrogen and oxygen atoms in total. The average molecular weight is 773 g/mol. The van der Waals surface area contributed by atoms with Gasteiger partial charge in [0.25, 0.3) is 0 Å². The molecule has 2 aromatic carbocycles. The van der Waals surface area contributed by atoms with E-state index in [1.807, 2.05) is 55.5 Å². The van der Waals surface area contributed by atoms with Gasteiger partial charge in [0.1, 0.15) is 16.7 Å². The number of halogens is 7. The Bertz CT molecular complexity index is 1630. The van der Waals surface area contributed by atoms with Crippen molar-refractivity contribution in [1.29, 1.82) is 0 Å². The summed E-state index contributed by atoms with van der Waals surface area (Å²) in [5.41, 5.74) is 3.34. The Morgan fingerprint density at radius 2 is 1.64 bits per heavy atom. The number of benzene rings is 2. The molecule has 0 spiro atoms. The van der Waals surface area contributed by atoms with E-state index >= 15 is 0 Å². The molecular weight excluding hydrogens is 740 g/mol. The normalized spacial score (nSPS) is 17.4. The lowest BCUT2D eigenvalue weighted by molar-refractivity contribution is -0.147. The van der Waals surface area contributed by atoms with Crippen LogP contribution in [0.15, 0.2) is 65.7 Å². The molecule has 47 heavy (non-hydrogen) atoms. The summed E-state index contributed by atoms with van der Waals surface area (Å²) in [6.07, 6.45) is -3.68. The van der Waals surface area contributed by atoms with Crippen LogP contribution in [0.2, 0.25) is 15.2 Å². The molecule has 1 heterocycles. The second-order valence-corrected chi connectivity index (χ2v) is 15.3. The van der Waals surface area contributed by atoms with Crippen LogP contribution >= 0.6 is 53.1 Å². The van der Waals surface area contributed by atoms with Crippen molar-refractivity contribution < 1.29 is 36.3 Å². The van der Waals surface area contributed by atoms with Crippen molar-refractivity contribution in [2.45, 2.75) is 47.4 Å². The Balaban J connectivity index is 0.000000287. The van der Waals surface area contributed by atoms with E-state index < -0.39 is 41.1 Å². The maximum atomic E-state index is 12.7. The standard InChI is InChI=1S/C23H22ClF3O2.C9H11Cl3NO3PS/c1-14-16(10-7-11-17(14)15-8-5-4-6-9-15)13-29-21(28)20-18(22(20,2)3)12-19(24)23(25,26)27;1-3-14-17(18,15-4-2)16-9-7(11)5-6(10)8(12)13-9/h4-12,18,20H,13H2,1-3H3;5H,3-4H2,1-2H3/b19-12-;. The molecule has 3 aromatic rings. The second kappa shape index (κ2) is 16.7. The highest BCUT2D eigenvalue weighted by Gasteiger charge is 2.62. The van der Waals surface area contributed by atoms with Crippen molar-refractivity contribution in [3.8, 4) is 17.0 Å². The Kier molecular flexibility index (Phi) is 14.0. The summed E-state index contributed by atoms with van der Waals surface area (Å²) in [6, 6.07) is 17.1. The van der Waals surface area contributed by atoms with Gasteiger partial charge < -0.3 is 9.26 Å². The molecule has 1 fully saturated rings. The van der Waals surface area contributed by atoms with Gasteiger partial charge in [-0.15, -0.1) is 0 Å². The number of allylic oxidation sites excluding steroid dienone is 2. The fourth-order valence-corrected chi connectivity index (χ4v) is 7.43. The molecule has 0 saturated heterocycles. The third-order valence-electron chi connectivity index (χ3n) is 7.29. The maximum absolute atomic E-state index is 12.7. The topological polar surface area (TPSA) is 66.9 Å². The zero-order valence-electron chi connectivity index (χ0n) is 26.0. The monoisotopic (exact) mass is 771 g/mol. The molecule has 15 heteroatoms. The lowest BCUT2D eigenvalue weighted by Crippen LogP contribution is -2.11. The Morgan fingerprint density at radius 3 is 2.21 bits per heavy atom. The number of ether oxygens (including phenoxy) is 1. The van der Waals surface area contributed by atoms with E-state index in [1.165, 1.54) is 6.07 Å². The number of carbonyl (C=O) groups excluding carboxylic acids is 1. The SMILES string of the molecule is CCOP(=S)(OCC)Oc1nc(Cl)c(Cl)cc1Cl.Cc1c(COC(=O)C2C(/C=C(\Cl)C(F)(F)F)C2(C)C)cccc1-c1ccccc1. The van der Waals surface area contributed by atoms with Crippen molar-refractivity contribution in [2.75, 3.05) is 13.2 Å². The van der Waals surface area contributed by atoms with E-state index in [1.54, 1.807) is 27.7 Å². The first-order chi connectivity index (χ1) is 21.9. The van der Waals surface area contributed by atoms with Crippen molar-refractivity contribution >= 4 is 70.9 Å². The predicted octanol–water partition coefficient (Wildman–Crippen LogP) is 11.4. The highest BCUT2D eigenvalue weighted by atomic mass is 35.5. The van der Waals surface area contributed by atoms with Crippen molar-refractivity contribution in [2.24, 2.45) is 17.3 Å². The first kappa shape index (κ1) is 39.6. The summed E-state index contributed by atoms with van der Waals surface area (Å²) < 4.78 is 59.6. The van der Waals surface area contributed by atoms with Gasteiger partial charge in [-0.3, -0.25) is 13.8 Å². The van der Waals surface area contributed by atoms with E-state index in [4.69, 9.17) is 76.5 Å². The third-order valence-corrected chi connectivity index (χ3v) is 11.0. The second-order valence-electron chi connectivity index (χ2n) is 10.8. The number of hydrogen-bond donors (Lipinski definition) is 0. The minimum Gasteiger partial charge on any atom is -0.461 e. The molecule has 0 aliphatic heterocycles. The molecule has 4 rings (SSSR count). The van der Waals surface area contributed by atoms with Crippen LogP contribution in [0.5, 0.6) is 5.88 Å². The van der Waals surface area contributed by atoms with Crippen LogP contribution in [0.25, 0.3) is 11.1 Å². The van der Waals surface area contributed by atoms with Gasteiger partial charge in [-0.2, -0.15) is 18.2 Å². The molecule has 1 saturated carbocycles. The number of nitrogens with zero attached hydrogens (tertiary/aromatic N) is 1. The van der Waals surface area contributed by atoms with Crippen LogP contribution in [0.4, 0.5) is 13.2 Å². The predicted molar refractivity (Wildman–Crippen MR) is 185 cm³/mol. The highest BCUT2D eigenvalue weighted by Crippen LogP contribution is 2.60. The van der Waals surface area contributed by atoms with Crippen molar-refractivity contribution in [1.82, 2.24) is 4.98 Å². The summed E-state index contributed by atoms with van der Waals surface area (Å²) in [5, 5.41) is -0.698. The highest BCUT2D eigenvalue weighted by molar-refractivity contribution is 8.07. The van der Waals surface area contributed by atoms with Crippen molar-refractivity contribution in [3.63, 3.8) is 0 Å². The van der Waals surface area contributed by atoms with E-state index in [2.05, 4.69) is 4.98 Å². The molecule has 0 amide bonds. The van der Waals surface area contributed by atoms with Crippen LogP contribution in [0.3, 0.4) is 0 Å². The number of esters is 1. The van der Waals surface area contributed by atoms with Crippen LogP contribution in [-0.4, -0.2) is 30.3 Å². The van der Waals surface area contributed by atoms with E-state index in [9.17, 15) is 18.0 Å². The van der Waals surface area contributed by atoms with Gasteiger partial charge in [0.05, 0.1) is 24.2 Å². The van der Waals surface area contributed by atoms with Gasteiger partial charge in [0.2, 0.25) is 5.88 Å². The minimum atomic E-state index is -4.61. The Morgan fingerprint density at radius 1 is 1.02 bits per heavy atom. The van der Waals surface area contributed by atoms with Gasteiger partial charge >= 0.3 is 18.9 Å². The first-order valence-electron chi connectivity index (χ1n) is 14.3. The van der Waals surface area contributed by atoms with Gasteiger partial charge in [0.15, 0.2) is 5.15 Å². The molecule has 2 unspecified atom stereocenters. The number of rotatable bonds is 11. The molecule has 2 atom stereocenters. The van der Waals surface area contributed by atoms with Crippen LogP contribution in [0.1, 0.15) is 38.8 Å². The molecule has 0 N–H and O–H groups in total. The molecule has 1 aliphatic carbocycles. The van der Waals surface area contributed by atoms with Gasteiger partial charge in [0, 0.05) is 11.8 Å². The van der Waals surface area contributed by atoms with Gasteiger partial charge in [-0.1, -0.05) is 115 Å². The molecule has 256 valence electrons. The van der Waals surface area contributed by atoms with E-state index in [0.29, 0.717) is 13.2 Å². The van der Waals surface area contributed by atoms with Gasteiger partial charge in [-0.25, -0.2) is 0 Å². The van der Waals surface area contributed by atoms with Crippen LogP contribution in [-0.2, 0) is 37.0 Å². The van der Waals surface area contributed by atoms with Crippen LogP contribution in [0, 0.1) is 24.2 Å². The zero-order valence-corrected chi connectivity index (χ0v) is 30.8. The average Bonchev–Trinajstić information content (AvgIpc) is 3.54. The maximum Gasteiger partial charge on any atom is 0.426 e. The molecule has 1 aromatic heterocycles. The number of hydrogen-bond acceptors (Lipinski definition) is 7. The van der Waals surface area contributed by atoms with E-state index in [-0.39, 0.29) is 27.7 Å². The number of alkyl halides is 3. The summed E-state index contributed by atoms with van der Waals surface area (Å²) in [7, 11) is 0. The Labute approximate surface area is 297 Å². The quantitative estimate of drug-likeness (QED) is 0.109. The number of carbonyl (C=O) groups is 1. The van der Waals surface area contributed by atoms with E-state index in [0.717, 1.165) is 28.3 Å². The van der Waals surface area contributed by atoms with Crippen molar-refractivity contribution in [3.05, 3.63) is 92.0 Å². The summed E-state index contributed by atoms with van der Waals surface area (Å²) in [5.74, 6) is -1.69. The summed E-state index contributed by atoms with van der Waals surface area (Å²) in [4.78, 5) is 16.4. The summed E-state index contributed by atoms with van der Waals surface area (Å²) >= 11 is 28.0. The minimum absolute atomic E-state index is 0.0521. The van der Waals surface area contributed by atoms with Gasteiger partial charge in [-0.05, 0) is 60.4 Å². The Hall–Kier alpha value is -1.88. The first-order valence-corrected chi connectivity index (χ1v) is 18.4. The molecule has 0 radical (unpaired) electrons. The zero-order chi connectivity index (χ0) is 35.2. The fraction of sp³-hybridized carbons (Fsp3) is 0.375. The molecular formula is C32H33Cl4F3NO5PS. The lowest BCUT2D eigenvalue weighted by atomic mass is 9.97. The molecule has 0 bridgehead atoms. The smallest absolute Gasteiger partial charge is 0.426 e. The number of pyridine rings is 1. The van der Waals surface area contributed by atoms with Crippen LogP contribution < -0.4 is 4.52 Å². The lowest BCUT2D eigenvalue weighted by Gasteiger charge is -2.20. The third kappa shape index (κ3) is 10.6. The fourth-order valence-electron chi connectivity index (χ4n) is 4.70. The number of aromatic nitrogens is 1. The molecule has 1 aliphatic rings. The largest absolute Gasteiger partial charge is 0.461 e. The summed E-state index contributed by atoms with van der Waals surface area (Å²) in [6.45, 7) is 6.87.